The second-order valence-corrected chi connectivity index (χ2v) is 17.1. The number of hydrogen-bond donors (Lipinski definition) is 2. The number of rotatable bonds is 6. The van der Waals surface area contributed by atoms with Crippen LogP contribution in [0.5, 0.6) is 5.75 Å². The Balaban J connectivity index is 0.740. The molecule has 3 fully saturated rings. The Morgan fingerprint density at radius 2 is 1.43 bits per heavy atom. The zero-order valence-corrected chi connectivity index (χ0v) is 32.1. The number of phenolic OH excluding ortho intramolecular Hbond substituents is 1. The van der Waals surface area contributed by atoms with Gasteiger partial charge in [-0.15, -0.1) is 0 Å². The van der Waals surface area contributed by atoms with Crippen molar-refractivity contribution >= 4 is 35.2 Å². The summed E-state index contributed by atoms with van der Waals surface area (Å²) in [5.41, 5.74) is 8.23. The number of aryl methyl sites for hydroxylation is 1. The van der Waals surface area contributed by atoms with Crippen molar-refractivity contribution in [3.05, 3.63) is 129 Å². The van der Waals surface area contributed by atoms with Crippen molar-refractivity contribution in [1.82, 2.24) is 20.0 Å². The summed E-state index contributed by atoms with van der Waals surface area (Å²) in [5, 5.41) is 12.4. The van der Waals surface area contributed by atoms with Crippen LogP contribution >= 0.6 is 0 Å². The van der Waals surface area contributed by atoms with Gasteiger partial charge < -0.3 is 14.9 Å². The van der Waals surface area contributed by atoms with Crippen molar-refractivity contribution in [1.29, 1.82) is 0 Å². The number of fused-ring (bicyclic) bond motifs is 3. The molecule has 5 heterocycles. The van der Waals surface area contributed by atoms with E-state index in [0.717, 1.165) is 79.0 Å². The van der Waals surface area contributed by atoms with Gasteiger partial charge in [0.05, 0.1) is 17.7 Å². The molecule has 2 N–H and O–H groups in total. The predicted molar refractivity (Wildman–Crippen MR) is 212 cm³/mol. The van der Waals surface area contributed by atoms with E-state index >= 15 is 0 Å². The van der Waals surface area contributed by atoms with Gasteiger partial charge in [0.25, 0.3) is 11.8 Å². The van der Waals surface area contributed by atoms with E-state index in [4.69, 9.17) is 0 Å². The number of imide groups is 2. The molecule has 5 aliphatic heterocycles. The van der Waals surface area contributed by atoms with E-state index in [0.29, 0.717) is 19.6 Å². The smallest absolute Gasteiger partial charge is 0.262 e. The number of amides is 5. The second kappa shape index (κ2) is 13.9. The van der Waals surface area contributed by atoms with Crippen molar-refractivity contribution in [2.24, 2.45) is 5.41 Å². The average Bonchev–Trinajstić information content (AvgIpc) is 3.74. The number of aromatic hydroxyl groups is 1. The van der Waals surface area contributed by atoms with Crippen molar-refractivity contribution in [2.45, 2.75) is 69.5 Å². The van der Waals surface area contributed by atoms with E-state index in [2.05, 4.69) is 39.4 Å². The predicted octanol–water partition coefficient (Wildman–Crippen LogP) is 5.24. The molecule has 296 valence electrons. The van der Waals surface area contributed by atoms with E-state index < -0.39 is 29.7 Å². The van der Waals surface area contributed by atoms with E-state index in [9.17, 15) is 33.5 Å². The van der Waals surface area contributed by atoms with Crippen molar-refractivity contribution in [2.75, 3.05) is 37.6 Å². The lowest BCUT2D eigenvalue weighted by Gasteiger charge is -2.54. The summed E-state index contributed by atoms with van der Waals surface area (Å²) in [6, 6.07) is 23.9. The number of halogens is 1. The highest BCUT2D eigenvalue weighted by atomic mass is 19.1. The highest BCUT2D eigenvalue weighted by Gasteiger charge is 2.47. The average molecular weight is 782 g/mol. The molecular formula is C46H44FN5O6. The fraction of sp³-hybridized carbons (Fsp3) is 0.370. The number of phenols is 1. The standard InChI is InChI=1S/C46H44FN5O6/c47-32-6-1-27(2-7-32)35-11-5-29-19-34(53)10-12-36(29)42(35)28-3-8-33(9-4-28)50-17-15-46(16-18-50)25-49(26-46)24-41(55)51-22-30-20-37-38(21-31(30)23-51)45(58)52(44(37)57)39-13-14-40(54)48-43(39)56/h1-4,6-10,12,19-21,35,39,42,53H,5,11,13-18,22-26H2,(H,48,54,56)/t35-,39?,42+/m1/s1. The lowest BCUT2D eigenvalue weighted by Crippen LogP contribution is -2.61. The molecule has 0 aromatic heterocycles. The second-order valence-electron chi connectivity index (χ2n) is 17.1. The van der Waals surface area contributed by atoms with Gasteiger partial charge in [0.1, 0.15) is 17.6 Å². The van der Waals surface area contributed by atoms with Crippen molar-refractivity contribution in [3.63, 3.8) is 0 Å². The zero-order valence-electron chi connectivity index (χ0n) is 32.1. The molecule has 5 amide bonds. The summed E-state index contributed by atoms with van der Waals surface area (Å²) in [7, 11) is 0. The molecule has 4 aromatic carbocycles. The van der Waals surface area contributed by atoms with E-state index in [1.54, 1.807) is 35.2 Å². The number of anilines is 1. The van der Waals surface area contributed by atoms with Gasteiger partial charge in [0.2, 0.25) is 17.7 Å². The zero-order chi connectivity index (χ0) is 39.9. The van der Waals surface area contributed by atoms with Crippen LogP contribution in [0.25, 0.3) is 0 Å². The van der Waals surface area contributed by atoms with Gasteiger partial charge in [0.15, 0.2) is 0 Å². The van der Waals surface area contributed by atoms with Crippen LogP contribution in [0, 0.1) is 11.2 Å². The number of likely N-dealkylation sites (tertiary alicyclic amines) is 1. The first-order valence-electron chi connectivity index (χ1n) is 20.3. The summed E-state index contributed by atoms with van der Waals surface area (Å²) in [4.78, 5) is 71.6. The Morgan fingerprint density at radius 1 is 0.776 bits per heavy atom. The number of nitrogens with one attached hydrogen (secondary N) is 1. The van der Waals surface area contributed by atoms with Crippen LogP contribution in [-0.2, 0) is 33.9 Å². The molecule has 12 heteroatoms. The minimum absolute atomic E-state index is 0.0191. The highest BCUT2D eigenvalue weighted by molar-refractivity contribution is 6.23. The summed E-state index contributed by atoms with van der Waals surface area (Å²) in [6.45, 7) is 4.67. The van der Waals surface area contributed by atoms with Gasteiger partial charge in [-0.25, -0.2) is 4.39 Å². The SMILES string of the molecule is O=C1CCC(N2C(=O)c3cc4c(cc3C2=O)CN(C(=O)CN2CC3(CCN(c5ccc([C@@H]6c7ccc(O)cc7CC[C@@H]6c6ccc(F)cc6)cc5)CC3)C2)C4)C(=O)N1. The van der Waals surface area contributed by atoms with E-state index in [-0.39, 0.29) is 58.7 Å². The molecule has 0 bridgehead atoms. The molecule has 1 spiro atoms. The van der Waals surface area contributed by atoms with Gasteiger partial charge in [-0.2, -0.15) is 0 Å². The first-order valence-corrected chi connectivity index (χ1v) is 20.3. The van der Waals surface area contributed by atoms with Crippen LogP contribution in [0.15, 0.2) is 78.9 Å². The van der Waals surface area contributed by atoms with Crippen LogP contribution in [0.1, 0.15) is 98.0 Å². The van der Waals surface area contributed by atoms with Gasteiger partial charge in [-0.3, -0.25) is 39.1 Å². The minimum atomic E-state index is -1.01. The lowest BCUT2D eigenvalue weighted by atomic mass is 9.69. The normalized spacial score (nSPS) is 23.7. The summed E-state index contributed by atoms with van der Waals surface area (Å²) < 4.78 is 13.9. The van der Waals surface area contributed by atoms with Crippen LogP contribution in [0.2, 0.25) is 0 Å². The summed E-state index contributed by atoms with van der Waals surface area (Å²) in [6.07, 6.45) is 4.04. The number of carbonyl (C=O) groups is 5. The molecule has 11 nitrogen and oxygen atoms in total. The molecule has 1 unspecified atom stereocenters. The third kappa shape index (κ3) is 6.25. The van der Waals surface area contributed by atoms with Crippen LogP contribution in [0.4, 0.5) is 10.1 Å². The minimum Gasteiger partial charge on any atom is -0.508 e. The van der Waals surface area contributed by atoms with E-state index in [1.165, 1.54) is 16.8 Å². The molecule has 4 aromatic rings. The van der Waals surface area contributed by atoms with Crippen LogP contribution in [0.3, 0.4) is 0 Å². The first-order chi connectivity index (χ1) is 28.0. The maximum absolute atomic E-state index is 13.9. The van der Waals surface area contributed by atoms with Gasteiger partial charge in [-0.05, 0) is 125 Å². The molecular weight excluding hydrogens is 738 g/mol. The van der Waals surface area contributed by atoms with Crippen molar-refractivity contribution < 1.29 is 33.5 Å². The molecule has 6 aliphatic rings. The Bertz CT molecular complexity index is 2340. The third-order valence-electron chi connectivity index (χ3n) is 13.6. The first kappa shape index (κ1) is 36.5. The van der Waals surface area contributed by atoms with Crippen LogP contribution in [-0.4, -0.2) is 88.1 Å². The Morgan fingerprint density at radius 3 is 2.09 bits per heavy atom. The largest absolute Gasteiger partial charge is 0.508 e. The fourth-order valence-corrected chi connectivity index (χ4v) is 10.6. The molecule has 3 saturated heterocycles. The number of nitrogens with zero attached hydrogens (tertiary/aromatic N) is 4. The van der Waals surface area contributed by atoms with Gasteiger partial charge >= 0.3 is 0 Å². The molecule has 3 atom stereocenters. The van der Waals surface area contributed by atoms with E-state index in [1.807, 2.05) is 24.3 Å². The topological polar surface area (TPSA) is 131 Å². The Kier molecular flexibility index (Phi) is 8.74. The molecule has 0 radical (unpaired) electrons. The van der Waals surface area contributed by atoms with Crippen molar-refractivity contribution in [3.8, 4) is 5.75 Å². The Labute approximate surface area is 335 Å². The monoisotopic (exact) mass is 781 g/mol. The third-order valence-corrected chi connectivity index (χ3v) is 13.6. The molecule has 10 rings (SSSR count). The highest BCUT2D eigenvalue weighted by Crippen LogP contribution is 2.48. The summed E-state index contributed by atoms with van der Waals surface area (Å²) in [5.74, 6) is -1.77. The number of carbonyl (C=O) groups excluding carboxylic acids is 5. The quantitative estimate of drug-likeness (QED) is 0.255. The maximum Gasteiger partial charge on any atom is 0.262 e. The number of benzene rings is 4. The molecule has 0 saturated carbocycles. The number of piperidine rings is 2. The number of hydrogen-bond acceptors (Lipinski definition) is 8. The lowest BCUT2D eigenvalue weighted by molar-refractivity contribution is -0.137. The fourth-order valence-electron chi connectivity index (χ4n) is 10.6. The maximum atomic E-state index is 13.9. The summed E-state index contributed by atoms with van der Waals surface area (Å²) >= 11 is 0. The van der Waals surface area contributed by atoms with Crippen LogP contribution < -0.4 is 10.2 Å². The molecule has 1 aliphatic carbocycles. The van der Waals surface area contributed by atoms with Gasteiger partial charge in [0, 0.05) is 57.3 Å². The molecule has 58 heavy (non-hydrogen) atoms. The Hall–Kier alpha value is -5.88. The van der Waals surface area contributed by atoms with Gasteiger partial charge in [-0.1, -0.05) is 30.3 Å².